The van der Waals surface area contributed by atoms with E-state index in [1.54, 1.807) is 43.5 Å². The van der Waals surface area contributed by atoms with Crippen LogP contribution in [0.1, 0.15) is 5.56 Å². The van der Waals surface area contributed by atoms with Gasteiger partial charge in [-0.15, -0.1) is 0 Å². The van der Waals surface area contributed by atoms with Crippen LogP contribution in [-0.4, -0.2) is 30.7 Å². The molecule has 0 saturated heterocycles. The summed E-state index contributed by atoms with van der Waals surface area (Å²) >= 11 is 0. The lowest BCUT2D eigenvalue weighted by molar-refractivity contribution is -0.384. The number of ether oxygens (including phenoxy) is 1. The summed E-state index contributed by atoms with van der Waals surface area (Å²) in [7, 11) is 1.58. The maximum Gasteiger partial charge on any atom is 0.270 e. The van der Waals surface area contributed by atoms with Crippen molar-refractivity contribution < 1.29 is 14.5 Å². The molecule has 0 atom stereocenters. The summed E-state index contributed by atoms with van der Waals surface area (Å²) < 4.78 is 5.04. The average molecular weight is 328 g/mol. The second-order valence-electron chi connectivity index (χ2n) is 4.73. The smallest absolute Gasteiger partial charge is 0.270 e. The van der Waals surface area contributed by atoms with E-state index in [-0.39, 0.29) is 18.1 Å². The lowest BCUT2D eigenvalue weighted by Crippen LogP contribution is -2.25. The first kappa shape index (κ1) is 16.9. The first-order chi connectivity index (χ1) is 11.6. The normalized spacial score (nSPS) is 10.4. The van der Waals surface area contributed by atoms with Crippen molar-refractivity contribution in [2.75, 3.05) is 19.0 Å². The number of benzene rings is 2. The number of nitrogens with one attached hydrogen (secondary N) is 2. The van der Waals surface area contributed by atoms with Crippen LogP contribution in [0.25, 0.3) is 0 Å². The number of nitro benzene ring substituents is 1. The third-order valence-corrected chi connectivity index (χ3v) is 3.03. The molecule has 0 radical (unpaired) electrons. The maximum absolute atomic E-state index is 11.7. The second-order valence-corrected chi connectivity index (χ2v) is 4.73. The van der Waals surface area contributed by atoms with Crippen molar-refractivity contribution in [3.63, 3.8) is 0 Å². The number of non-ortho nitro benzene ring substituents is 1. The number of rotatable bonds is 7. The molecule has 0 spiro atoms. The molecule has 0 aliphatic heterocycles. The number of hydrogen-bond acceptors (Lipinski definition) is 6. The van der Waals surface area contributed by atoms with Gasteiger partial charge < -0.3 is 10.1 Å². The Bertz CT molecular complexity index is 744. The molecule has 0 saturated carbocycles. The van der Waals surface area contributed by atoms with E-state index in [1.807, 2.05) is 0 Å². The third-order valence-electron chi connectivity index (χ3n) is 3.03. The summed E-state index contributed by atoms with van der Waals surface area (Å²) in [6.45, 7) is 0.0403. The molecule has 2 aromatic rings. The molecule has 24 heavy (non-hydrogen) atoms. The summed E-state index contributed by atoms with van der Waals surface area (Å²) in [5, 5.41) is 17.4. The van der Waals surface area contributed by atoms with Crippen LogP contribution in [0.3, 0.4) is 0 Å². The summed E-state index contributed by atoms with van der Waals surface area (Å²) in [6.07, 6.45) is 1.35. The van der Waals surface area contributed by atoms with Crippen LogP contribution in [0.5, 0.6) is 5.75 Å². The van der Waals surface area contributed by atoms with Gasteiger partial charge in [-0.05, 0) is 24.3 Å². The minimum absolute atomic E-state index is 0.0357. The maximum atomic E-state index is 11.7. The molecule has 0 unspecified atom stereocenters. The fourth-order valence-electron chi connectivity index (χ4n) is 1.83. The summed E-state index contributed by atoms with van der Waals surface area (Å²) in [6, 6.07) is 13.1. The van der Waals surface area contributed by atoms with Crippen molar-refractivity contribution >= 4 is 23.5 Å². The molecule has 2 rings (SSSR count). The van der Waals surface area contributed by atoms with Crippen LogP contribution >= 0.6 is 0 Å². The SMILES string of the molecule is COc1ccc(NCC(=O)N/N=C\c2cccc([N+](=O)[O-])c2)cc1. The van der Waals surface area contributed by atoms with Crippen LogP contribution in [-0.2, 0) is 4.79 Å². The number of carbonyl (C=O) groups excluding carboxylic acids is 1. The van der Waals surface area contributed by atoms with E-state index in [4.69, 9.17) is 4.74 Å². The lowest BCUT2D eigenvalue weighted by atomic mass is 10.2. The van der Waals surface area contributed by atoms with E-state index >= 15 is 0 Å². The zero-order valence-corrected chi connectivity index (χ0v) is 12.9. The molecular formula is C16H16N4O4. The quantitative estimate of drug-likeness (QED) is 0.460. The minimum atomic E-state index is -0.491. The van der Waals surface area contributed by atoms with Gasteiger partial charge in [0.1, 0.15) is 5.75 Å². The fraction of sp³-hybridized carbons (Fsp3) is 0.125. The highest BCUT2D eigenvalue weighted by Gasteiger charge is 2.04. The fourth-order valence-corrected chi connectivity index (χ4v) is 1.83. The predicted molar refractivity (Wildman–Crippen MR) is 90.3 cm³/mol. The largest absolute Gasteiger partial charge is 0.497 e. The van der Waals surface area contributed by atoms with Gasteiger partial charge in [-0.1, -0.05) is 12.1 Å². The first-order valence-electron chi connectivity index (χ1n) is 7.03. The summed E-state index contributed by atoms with van der Waals surface area (Å²) in [5.41, 5.74) is 3.60. The minimum Gasteiger partial charge on any atom is -0.497 e. The number of methoxy groups -OCH3 is 1. The highest BCUT2D eigenvalue weighted by atomic mass is 16.6. The Morgan fingerprint density at radius 2 is 2.04 bits per heavy atom. The number of nitrogens with zero attached hydrogens (tertiary/aromatic N) is 2. The van der Waals surface area contributed by atoms with Crippen LogP contribution in [0, 0.1) is 10.1 Å². The molecule has 2 aromatic carbocycles. The second kappa shape index (κ2) is 8.28. The number of hydrazone groups is 1. The Balaban J connectivity index is 1.81. The molecular weight excluding hydrogens is 312 g/mol. The highest BCUT2D eigenvalue weighted by molar-refractivity contribution is 5.84. The van der Waals surface area contributed by atoms with Gasteiger partial charge in [-0.2, -0.15) is 5.10 Å². The van der Waals surface area contributed by atoms with Crippen molar-refractivity contribution in [1.29, 1.82) is 0 Å². The van der Waals surface area contributed by atoms with Crippen LogP contribution < -0.4 is 15.5 Å². The van der Waals surface area contributed by atoms with E-state index in [0.29, 0.717) is 5.56 Å². The Hall–Kier alpha value is -3.42. The predicted octanol–water partition coefficient (Wildman–Crippen LogP) is 2.17. The molecule has 0 aliphatic carbocycles. The van der Waals surface area contributed by atoms with Crippen molar-refractivity contribution in [1.82, 2.24) is 5.43 Å². The molecule has 0 aliphatic rings. The van der Waals surface area contributed by atoms with Gasteiger partial charge in [-0.3, -0.25) is 14.9 Å². The van der Waals surface area contributed by atoms with Crippen molar-refractivity contribution in [2.45, 2.75) is 0 Å². The van der Waals surface area contributed by atoms with E-state index in [1.165, 1.54) is 18.3 Å². The molecule has 0 fully saturated rings. The lowest BCUT2D eigenvalue weighted by Gasteiger charge is -2.06. The molecule has 8 nitrogen and oxygen atoms in total. The van der Waals surface area contributed by atoms with Gasteiger partial charge in [0.25, 0.3) is 11.6 Å². The molecule has 8 heteroatoms. The van der Waals surface area contributed by atoms with Crippen LogP contribution in [0.4, 0.5) is 11.4 Å². The first-order valence-corrected chi connectivity index (χ1v) is 7.03. The van der Waals surface area contributed by atoms with Crippen molar-refractivity contribution in [2.24, 2.45) is 5.10 Å². The third kappa shape index (κ3) is 5.09. The number of carbonyl (C=O) groups is 1. The highest BCUT2D eigenvalue weighted by Crippen LogP contribution is 2.14. The van der Waals surface area contributed by atoms with Crippen molar-refractivity contribution in [3.05, 3.63) is 64.2 Å². The molecule has 0 aromatic heterocycles. The number of amides is 1. The number of hydrogen-bond donors (Lipinski definition) is 2. The topological polar surface area (TPSA) is 106 Å². The van der Waals surface area contributed by atoms with Gasteiger partial charge in [0, 0.05) is 23.4 Å². The van der Waals surface area contributed by atoms with Gasteiger partial charge in [0.05, 0.1) is 24.8 Å². The monoisotopic (exact) mass is 328 g/mol. The van der Waals surface area contributed by atoms with Crippen molar-refractivity contribution in [3.8, 4) is 5.75 Å². The molecule has 124 valence electrons. The molecule has 0 bridgehead atoms. The number of anilines is 1. The average Bonchev–Trinajstić information content (AvgIpc) is 2.60. The molecule has 2 N–H and O–H groups in total. The molecule has 1 amide bonds. The van der Waals surface area contributed by atoms with E-state index in [9.17, 15) is 14.9 Å². The zero-order chi connectivity index (χ0) is 17.4. The van der Waals surface area contributed by atoms with Gasteiger partial charge in [0.15, 0.2) is 0 Å². The van der Waals surface area contributed by atoms with Gasteiger partial charge in [-0.25, -0.2) is 5.43 Å². The molecule has 0 heterocycles. The van der Waals surface area contributed by atoms with E-state index in [2.05, 4.69) is 15.8 Å². The Kier molecular flexibility index (Phi) is 5.84. The summed E-state index contributed by atoms with van der Waals surface area (Å²) in [5.74, 6) is 0.388. The standard InChI is InChI=1S/C16H16N4O4/c1-24-15-7-5-13(6-8-15)17-11-16(21)19-18-10-12-3-2-4-14(9-12)20(22)23/h2-10,17H,11H2,1H3,(H,19,21)/b18-10-. The summed E-state index contributed by atoms with van der Waals surface area (Å²) in [4.78, 5) is 21.9. The Morgan fingerprint density at radius 3 is 2.71 bits per heavy atom. The Morgan fingerprint density at radius 1 is 1.29 bits per heavy atom. The van der Waals surface area contributed by atoms with Crippen LogP contribution in [0.2, 0.25) is 0 Å². The Labute approximate surface area is 138 Å². The van der Waals surface area contributed by atoms with Crippen LogP contribution in [0.15, 0.2) is 53.6 Å². The zero-order valence-electron chi connectivity index (χ0n) is 12.9. The van der Waals surface area contributed by atoms with E-state index in [0.717, 1.165) is 11.4 Å². The number of nitro groups is 1. The van der Waals surface area contributed by atoms with Gasteiger partial charge >= 0.3 is 0 Å². The van der Waals surface area contributed by atoms with Gasteiger partial charge in [0.2, 0.25) is 0 Å². The van der Waals surface area contributed by atoms with E-state index < -0.39 is 4.92 Å².